The summed E-state index contributed by atoms with van der Waals surface area (Å²) in [4.78, 5) is 39.4. The summed E-state index contributed by atoms with van der Waals surface area (Å²) in [6.45, 7) is 6.67. The molecule has 2 rings (SSSR count). The van der Waals surface area contributed by atoms with Gasteiger partial charge in [-0.1, -0.05) is 6.07 Å². The summed E-state index contributed by atoms with van der Waals surface area (Å²) < 4.78 is 5.09. The molecule has 1 heterocycles. The third kappa shape index (κ3) is 5.65. The van der Waals surface area contributed by atoms with Crippen molar-refractivity contribution in [3.8, 4) is 5.75 Å². The Bertz CT molecular complexity index is 676. The normalized spacial score (nSPS) is 14.7. The lowest BCUT2D eigenvalue weighted by Crippen LogP contribution is -2.52. The number of aromatic hydroxyl groups is 1. The second-order valence-corrected chi connectivity index (χ2v) is 7.08. The minimum atomic E-state index is -0.636. The van der Waals surface area contributed by atoms with Crippen molar-refractivity contribution in [2.45, 2.75) is 26.4 Å². The summed E-state index contributed by atoms with van der Waals surface area (Å²) in [6.07, 6.45) is -0.636. The first kappa shape index (κ1) is 19.6. The second kappa shape index (κ2) is 8.07. The molecule has 0 aliphatic carbocycles. The quantitative estimate of drug-likeness (QED) is 0.841. The minimum Gasteiger partial charge on any atom is -0.508 e. The topological polar surface area (TPSA) is 99.2 Å². The molecule has 1 aromatic carbocycles. The van der Waals surface area contributed by atoms with Crippen molar-refractivity contribution < 1.29 is 24.2 Å². The van der Waals surface area contributed by atoms with Crippen LogP contribution in [0.25, 0.3) is 0 Å². The van der Waals surface area contributed by atoms with Crippen molar-refractivity contribution >= 4 is 17.9 Å². The molecule has 8 heteroatoms. The van der Waals surface area contributed by atoms with Crippen molar-refractivity contribution in [2.75, 3.05) is 32.7 Å². The van der Waals surface area contributed by atoms with E-state index < -0.39 is 11.7 Å². The Hall–Kier alpha value is -2.77. The van der Waals surface area contributed by atoms with E-state index in [-0.39, 0.29) is 24.1 Å². The van der Waals surface area contributed by atoms with Crippen LogP contribution in [0.4, 0.5) is 4.79 Å². The molecule has 0 aromatic heterocycles. The predicted octanol–water partition coefficient (Wildman–Crippen LogP) is 1.20. The van der Waals surface area contributed by atoms with Gasteiger partial charge in [0, 0.05) is 31.7 Å². The number of hydrogen-bond acceptors (Lipinski definition) is 5. The second-order valence-electron chi connectivity index (χ2n) is 7.08. The van der Waals surface area contributed by atoms with Crippen LogP contribution in [0.5, 0.6) is 5.75 Å². The maximum Gasteiger partial charge on any atom is 0.408 e. The largest absolute Gasteiger partial charge is 0.508 e. The number of nitrogens with one attached hydrogen (secondary N) is 1. The summed E-state index contributed by atoms with van der Waals surface area (Å²) in [5.74, 6) is -0.363. The van der Waals surface area contributed by atoms with Crippen LogP contribution in [0.1, 0.15) is 31.1 Å². The number of carbonyl (C=O) groups excluding carboxylic acids is 3. The van der Waals surface area contributed by atoms with E-state index in [4.69, 9.17) is 4.74 Å². The van der Waals surface area contributed by atoms with Gasteiger partial charge in [0.2, 0.25) is 5.91 Å². The third-order valence-corrected chi connectivity index (χ3v) is 3.80. The van der Waals surface area contributed by atoms with Gasteiger partial charge in [-0.05, 0) is 39.0 Å². The third-order valence-electron chi connectivity index (χ3n) is 3.80. The van der Waals surface area contributed by atoms with E-state index in [9.17, 15) is 19.5 Å². The van der Waals surface area contributed by atoms with Crippen LogP contribution in [0.2, 0.25) is 0 Å². The fraction of sp³-hybridized carbons (Fsp3) is 0.500. The molecule has 0 radical (unpaired) electrons. The summed E-state index contributed by atoms with van der Waals surface area (Å²) in [5, 5.41) is 11.9. The van der Waals surface area contributed by atoms with Gasteiger partial charge in [-0.2, -0.15) is 0 Å². The molecule has 1 aliphatic heterocycles. The number of carbonyl (C=O) groups is 3. The number of nitrogens with zero attached hydrogens (tertiary/aromatic N) is 2. The number of benzene rings is 1. The molecule has 0 bridgehead atoms. The van der Waals surface area contributed by atoms with Crippen LogP contribution in [0.3, 0.4) is 0 Å². The average molecular weight is 363 g/mol. The fourth-order valence-corrected chi connectivity index (χ4v) is 2.55. The summed E-state index contributed by atoms with van der Waals surface area (Å²) in [7, 11) is 0. The first-order valence-corrected chi connectivity index (χ1v) is 8.48. The number of rotatable bonds is 3. The molecule has 1 fully saturated rings. The monoisotopic (exact) mass is 363 g/mol. The number of ether oxygens (including phenoxy) is 1. The van der Waals surface area contributed by atoms with E-state index in [1.165, 1.54) is 12.1 Å². The Labute approximate surface area is 152 Å². The van der Waals surface area contributed by atoms with Crippen molar-refractivity contribution in [3.63, 3.8) is 0 Å². The molecule has 1 saturated heterocycles. The first-order chi connectivity index (χ1) is 12.2. The van der Waals surface area contributed by atoms with E-state index in [1.807, 2.05) is 0 Å². The lowest BCUT2D eigenvalue weighted by Gasteiger charge is -2.35. The van der Waals surface area contributed by atoms with Crippen LogP contribution in [0, 0.1) is 0 Å². The van der Waals surface area contributed by atoms with Crippen LogP contribution in [-0.4, -0.2) is 71.1 Å². The summed E-state index contributed by atoms with van der Waals surface area (Å²) in [5.41, 5.74) is -0.207. The maximum absolute atomic E-state index is 12.4. The minimum absolute atomic E-state index is 0.0397. The maximum atomic E-state index is 12.4. The Kier molecular flexibility index (Phi) is 6.07. The zero-order valence-corrected chi connectivity index (χ0v) is 15.3. The van der Waals surface area contributed by atoms with Gasteiger partial charge in [-0.15, -0.1) is 0 Å². The van der Waals surface area contributed by atoms with Crippen molar-refractivity contribution in [2.24, 2.45) is 0 Å². The number of amides is 3. The number of alkyl carbamates (subject to hydrolysis) is 1. The summed E-state index contributed by atoms with van der Waals surface area (Å²) >= 11 is 0. The molecule has 8 nitrogen and oxygen atoms in total. The molecule has 142 valence electrons. The fourth-order valence-electron chi connectivity index (χ4n) is 2.55. The van der Waals surface area contributed by atoms with E-state index in [0.717, 1.165) is 0 Å². The standard InChI is InChI=1S/C18H25N3O5/c1-18(2,3)26-17(25)19-12-15(23)20-7-9-21(10-8-20)16(24)13-5-4-6-14(22)11-13/h4-6,11,22H,7-10,12H2,1-3H3,(H,19,25). The predicted molar refractivity (Wildman–Crippen MR) is 94.8 cm³/mol. The van der Waals surface area contributed by atoms with E-state index in [0.29, 0.717) is 31.7 Å². The number of piperazine rings is 1. The Morgan fingerprint density at radius 2 is 1.73 bits per heavy atom. The Morgan fingerprint density at radius 1 is 1.12 bits per heavy atom. The highest BCUT2D eigenvalue weighted by Crippen LogP contribution is 2.14. The molecule has 1 aliphatic rings. The highest BCUT2D eigenvalue weighted by atomic mass is 16.6. The lowest BCUT2D eigenvalue weighted by molar-refractivity contribution is -0.131. The molecule has 26 heavy (non-hydrogen) atoms. The molecule has 2 N–H and O–H groups in total. The Morgan fingerprint density at radius 3 is 2.31 bits per heavy atom. The lowest BCUT2D eigenvalue weighted by atomic mass is 10.1. The van der Waals surface area contributed by atoms with Gasteiger partial charge in [0.05, 0.1) is 0 Å². The molecular formula is C18H25N3O5. The molecule has 0 spiro atoms. The highest BCUT2D eigenvalue weighted by Gasteiger charge is 2.25. The van der Waals surface area contributed by atoms with Gasteiger partial charge >= 0.3 is 6.09 Å². The van der Waals surface area contributed by atoms with E-state index in [1.54, 1.807) is 42.7 Å². The van der Waals surface area contributed by atoms with Gasteiger partial charge in [0.25, 0.3) is 5.91 Å². The molecule has 3 amide bonds. The number of hydrogen-bond donors (Lipinski definition) is 2. The van der Waals surface area contributed by atoms with E-state index in [2.05, 4.69) is 5.32 Å². The SMILES string of the molecule is CC(C)(C)OC(=O)NCC(=O)N1CCN(C(=O)c2cccc(O)c2)CC1. The zero-order valence-electron chi connectivity index (χ0n) is 15.3. The van der Waals surface area contributed by atoms with Gasteiger partial charge < -0.3 is 25.0 Å². The first-order valence-electron chi connectivity index (χ1n) is 8.48. The molecule has 0 saturated carbocycles. The molecular weight excluding hydrogens is 338 g/mol. The summed E-state index contributed by atoms with van der Waals surface area (Å²) in [6, 6.07) is 6.19. The van der Waals surface area contributed by atoms with Gasteiger partial charge in [-0.3, -0.25) is 9.59 Å². The zero-order chi connectivity index (χ0) is 19.3. The van der Waals surface area contributed by atoms with Crippen LogP contribution in [0.15, 0.2) is 24.3 Å². The van der Waals surface area contributed by atoms with Crippen LogP contribution in [-0.2, 0) is 9.53 Å². The van der Waals surface area contributed by atoms with Crippen LogP contribution >= 0.6 is 0 Å². The number of phenolic OH excluding ortho intramolecular Hbond substituents is 1. The van der Waals surface area contributed by atoms with Crippen molar-refractivity contribution in [3.05, 3.63) is 29.8 Å². The van der Waals surface area contributed by atoms with Crippen molar-refractivity contribution in [1.29, 1.82) is 0 Å². The molecule has 0 unspecified atom stereocenters. The molecule has 1 aromatic rings. The van der Waals surface area contributed by atoms with Gasteiger partial charge in [0.1, 0.15) is 17.9 Å². The highest BCUT2D eigenvalue weighted by molar-refractivity contribution is 5.94. The smallest absolute Gasteiger partial charge is 0.408 e. The Balaban J connectivity index is 1.79. The van der Waals surface area contributed by atoms with Gasteiger partial charge in [-0.25, -0.2) is 4.79 Å². The van der Waals surface area contributed by atoms with Crippen LogP contribution < -0.4 is 5.32 Å². The van der Waals surface area contributed by atoms with E-state index >= 15 is 0 Å². The molecule has 0 atom stereocenters. The van der Waals surface area contributed by atoms with Crippen molar-refractivity contribution in [1.82, 2.24) is 15.1 Å². The number of phenols is 1. The average Bonchev–Trinajstić information content (AvgIpc) is 2.57. The van der Waals surface area contributed by atoms with Gasteiger partial charge in [0.15, 0.2) is 0 Å².